The van der Waals surface area contributed by atoms with Crippen LogP contribution in [0.5, 0.6) is 5.75 Å². The van der Waals surface area contributed by atoms with Gasteiger partial charge in [-0.25, -0.2) is 4.79 Å². The van der Waals surface area contributed by atoms with Gasteiger partial charge in [0.25, 0.3) is 0 Å². The van der Waals surface area contributed by atoms with E-state index in [-0.39, 0.29) is 5.97 Å². The number of carbonyl (C=O) groups excluding carboxylic acids is 1. The highest BCUT2D eigenvalue weighted by molar-refractivity contribution is 9.11. The lowest BCUT2D eigenvalue weighted by Crippen LogP contribution is -2.21. The Morgan fingerprint density at radius 1 is 1.20 bits per heavy atom. The van der Waals surface area contributed by atoms with E-state index in [4.69, 9.17) is 9.47 Å². The monoisotopic (exact) mass is 355 g/mol. The summed E-state index contributed by atoms with van der Waals surface area (Å²) < 4.78 is 10.9. The first kappa shape index (κ1) is 14.9. The molecule has 0 saturated heterocycles. The Balaban J connectivity index is 2.21. The average molecular weight is 356 g/mol. The molecule has 0 aliphatic heterocycles. The second-order valence-corrected chi connectivity index (χ2v) is 6.47. The minimum absolute atomic E-state index is 0.324. The summed E-state index contributed by atoms with van der Waals surface area (Å²) in [5, 5.41) is 3.17. The smallest absolute Gasteiger partial charge is 0.333 e. The molecular formula is C14H14BrNO3S. The van der Waals surface area contributed by atoms with Crippen molar-refractivity contribution in [3.8, 4) is 5.75 Å². The van der Waals surface area contributed by atoms with Gasteiger partial charge in [-0.2, -0.15) is 0 Å². The Morgan fingerprint density at radius 3 is 2.40 bits per heavy atom. The molecule has 6 heteroatoms. The summed E-state index contributed by atoms with van der Waals surface area (Å²) in [5.41, 5.74) is 0.825. The van der Waals surface area contributed by atoms with E-state index < -0.39 is 6.04 Å². The molecule has 1 aromatic carbocycles. The molecule has 20 heavy (non-hydrogen) atoms. The molecule has 1 aromatic heterocycles. The van der Waals surface area contributed by atoms with Crippen LogP contribution in [0.1, 0.15) is 10.9 Å². The van der Waals surface area contributed by atoms with Crippen LogP contribution >= 0.6 is 27.3 Å². The second-order valence-electron chi connectivity index (χ2n) is 3.97. The first-order valence-electron chi connectivity index (χ1n) is 5.87. The van der Waals surface area contributed by atoms with Crippen molar-refractivity contribution in [2.75, 3.05) is 19.5 Å². The Morgan fingerprint density at radius 2 is 1.90 bits per heavy atom. The van der Waals surface area contributed by atoms with E-state index in [1.807, 2.05) is 36.4 Å². The van der Waals surface area contributed by atoms with Gasteiger partial charge in [0.1, 0.15) is 5.75 Å². The molecule has 2 rings (SSSR count). The molecule has 0 spiro atoms. The lowest BCUT2D eigenvalue weighted by molar-refractivity contribution is -0.141. The number of anilines is 1. The van der Waals surface area contributed by atoms with Crippen molar-refractivity contribution in [3.05, 3.63) is 45.1 Å². The molecule has 0 fully saturated rings. The zero-order valence-corrected chi connectivity index (χ0v) is 13.5. The number of halogens is 1. The van der Waals surface area contributed by atoms with Crippen LogP contribution in [-0.4, -0.2) is 20.2 Å². The summed E-state index contributed by atoms with van der Waals surface area (Å²) in [6, 6.07) is 10.7. The fourth-order valence-electron chi connectivity index (χ4n) is 1.70. The number of hydrogen-bond donors (Lipinski definition) is 1. The number of rotatable bonds is 5. The fraction of sp³-hybridized carbons (Fsp3) is 0.214. The number of carbonyl (C=O) groups is 1. The van der Waals surface area contributed by atoms with Gasteiger partial charge in [0.2, 0.25) is 0 Å². The second kappa shape index (κ2) is 6.76. The Labute approximate surface area is 129 Å². The van der Waals surface area contributed by atoms with E-state index in [1.54, 1.807) is 7.11 Å². The molecule has 0 aliphatic rings. The van der Waals surface area contributed by atoms with Crippen molar-refractivity contribution < 1.29 is 14.3 Å². The van der Waals surface area contributed by atoms with Crippen LogP contribution in [0.4, 0.5) is 5.69 Å². The van der Waals surface area contributed by atoms with E-state index in [0.717, 1.165) is 20.1 Å². The highest BCUT2D eigenvalue weighted by Gasteiger charge is 2.23. The summed E-state index contributed by atoms with van der Waals surface area (Å²) in [4.78, 5) is 12.8. The minimum atomic E-state index is -0.523. The zero-order valence-electron chi connectivity index (χ0n) is 11.1. The van der Waals surface area contributed by atoms with E-state index in [1.165, 1.54) is 18.4 Å². The lowest BCUT2D eigenvalue weighted by atomic mass is 10.2. The third-order valence-corrected chi connectivity index (χ3v) is 4.40. The molecule has 0 aliphatic carbocycles. The fourth-order valence-corrected chi connectivity index (χ4v) is 3.16. The highest BCUT2D eigenvalue weighted by Crippen LogP contribution is 2.30. The Bertz CT molecular complexity index is 582. The van der Waals surface area contributed by atoms with Crippen molar-refractivity contribution in [3.63, 3.8) is 0 Å². The molecule has 0 saturated carbocycles. The van der Waals surface area contributed by atoms with Gasteiger partial charge in [-0.05, 0) is 52.3 Å². The molecule has 1 heterocycles. The Hall–Kier alpha value is -1.53. The highest BCUT2D eigenvalue weighted by atomic mass is 79.9. The van der Waals surface area contributed by atoms with E-state index in [2.05, 4.69) is 21.2 Å². The van der Waals surface area contributed by atoms with Crippen molar-refractivity contribution in [1.82, 2.24) is 0 Å². The number of hydrogen-bond acceptors (Lipinski definition) is 5. The van der Waals surface area contributed by atoms with Gasteiger partial charge in [0.15, 0.2) is 6.04 Å². The third-order valence-electron chi connectivity index (χ3n) is 2.72. The molecule has 106 valence electrons. The SMILES string of the molecule is COC(=O)C(Nc1ccc(OC)cc1)c1ccc(Br)s1. The van der Waals surface area contributed by atoms with Crippen molar-refractivity contribution in [2.45, 2.75) is 6.04 Å². The summed E-state index contributed by atoms with van der Waals surface area (Å²) in [6.45, 7) is 0. The number of nitrogens with one attached hydrogen (secondary N) is 1. The maximum atomic E-state index is 11.9. The van der Waals surface area contributed by atoms with Crippen molar-refractivity contribution in [1.29, 1.82) is 0 Å². The first-order valence-corrected chi connectivity index (χ1v) is 7.48. The molecule has 2 aromatic rings. The topological polar surface area (TPSA) is 47.6 Å². The summed E-state index contributed by atoms with van der Waals surface area (Å²) in [6.07, 6.45) is 0. The molecule has 0 amide bonds. The third kappa shape index (κ3) is 3.52. The van der Waals surface area contributed by atoms with Gasteiger partial charge in [-0.1, -0.05) is 0 Å². The largest absolute Gasteiger partial charge is 0.497 e. The van der Waals surface area contributed by atoms with E-state index in [0.29, 0.717) is 0 Å². The number of methoxy groups -OCH3 is 2. The van der Waals surface area contributed by atoms with Crippen LogP contribution in [0.15, 0.2) is 40.2 Å². The lowest BCUT2D eigenvalue weighted by Gasteiger charge is -2.16. The van der Waals surface area contributed by atoms with Gasteiger partial charge in [0, 0.05) is 10.6 Å². The Kier molecular flexibility index (Phi) is 5.03. The van der Waals surface area contributed by atoms with Gasteiger partial charge < -0.3 is 14.8 Å². The zero-order chi connectivity index (χ0) is 14.5. The first-order chi connectivity index (χ1) is 9.63. The predicted molar refractivity (Wildman–Crippen MR) is 83.4 cm³/mol. The number of thiophene rings is 1. The van der Waals surface area contributed by atoms with Gasteiger partial charge in [0.05, 0.1) is 18.0 Å². The van der Waals surface area contributed by atoms with Crippen LogP contribution in [-0.2, 0) is 9.53 Å². The molecule has 0 bridgehead atoms. The standard InChI is InChI=1S/C14H14BrNO3S/c1-18-10-5-3-9(4-6-10)16-13(14(17)19-2)11-7-8-12(15)20-11/h3-8,13,16H,1-2H3. The van der Waals surface area contributed by atoms with Crippen molar-refractivity contribution >= 4 is 38.9 Å². The summed E-state index contributed by atoms with van der Waals surface area (Å²) in [7, 11) is 3.00. The number of ether oxygens (including phenoxy) is 2. The van der Waals surface area contributed by atoms with Crippen LogP contribution in [0.2, 0.25) is 0 Å². The summed E-state index contributed by atoms with van der Waals surface area (Å²) >= 11 is 4.89. The number of benzene rings is 1. The van der Waals surface area contributed by atoms with Crippen LogP contribution in [0.25, 0.3) is 0 Å². The molecule has 1 N–H and O–H groups in total. The van der Waals surface area contributed by atoms with Gasteiger partial charge in [-0.3, -0.25) is 0 Å². The van der Waals surface area contributed by atoms with E-state index in [9.17, 15) is 4.79 Å². The van der Waals surface area contributed by atoms with Crippen LogP contribution in [0, 0.1) is 0 Å². The number of esters is 1. The quantitative estimate of drug-likeness (QED) is 0.827. The molecule has 0 radical (unpaired) electrons. The maximum Gasteiger partial charge on any atom is 0.333 e. The predicted octanol–water partition coefficient (Wildman–Crippen LogP) is 3.85. The van der Waals surface area contributed by atoms with Crippen LogP contribution in [0.3, 0.4) is 0 Å². The van der Waals surface area contributed by atoms with E-state index >= 15 is 0 Å². The molecular weight excluding hydrogens is 342 g/mol. The van der Waals surface area contributed by atoms with Crippen molar-refractivity contribution in [2.24, 2.45) is 0 Å². The molecule has 1 atom stereocenters. The van der Waals surface area contributed by atoms with Crippen LogP contribution < -0.4 is 10.1 Å². The average Bonchev–Trinajstić information content (AvgIpc) is 2.91. The summed E-state index contributed by atoms with van der Waals surface area (Å²) in [5.74, 6) is 0.444. The van der Waals surface area contributed by atoms with Gasteiger partial charge in [-0.15, -0.1) is 11.3 Å². The molecule has 4 nitrogen and oxygen atoms in total. The molecule has 1 unspecified atom stereocenters. The normalized spacial score (nSPS) is 11.8. The minimum Gasteiger partial charge on any atom is -0.497 e. The maximum absolute atomic E-state index is 11.9. The van der Waals surface area contributed by atoms with Gasteiger partial charge >= 0.3 is 5.97 Å².